The van der Waals surface area contributed by atoms with Crippen molar-refractivity contribution < 1.29 is 19.1 Å². The van der Waals surface area contributed by atoms with Crippen LogP contribution in [0.4, 0.5) is 5.69 Å². The van der Waals surface area contributed by atoms with Gasteiger partial charge in [0.2, 0.25) is 10.9 Å². The quantitative estimate of drug-likeness (QED) is 0.800. The molecule has 0 bridgehead atoms. The smallest absolute Gasteiger partial charge is 0.286 e. The number of morpholine rings is 1. The van der Waals surface area contributed by atoms with E-state index in [0.29, 0.717) is 42.0 Å². The summed E-state index contributed by atoms with van der Waals surface area (Å²) >= 11 is 7.00. The van der Waals surface area contributed by atoms with Crippen molar-refractivity contribution in [3.63, 3.8) is 0 Å². The highest BCUT2D eigenvalue weighted by Crippen LogP contribution is 2.17. The minimum atomic E-state index is -0.375. The molecular weight excluding hydrogens is 380 g/mol. The van der Waals surface area contributed by atoms with Crippen LogP contribution in [0.3, 0.4) is 0 Å². The van der Waals surface area contributed by atoms with Crippen LogP contribution >= 0.6 is 22.9 Å². The van der Waals surface area contributed by atoms with Crippen molar-refractivity contribution in [3.05, 3.63) is 39.3 Å². The maximum atomic E-state index is 12.2. The Kier molecular flexibility index (Phi) is 6.51. The maximum Gasteiger partial charge on any atom is 0.286 e. The van der Waals surface area contributed by atoms with Gasteiger partial charge >= 0.3 is 0 Å². The van der Waals surface area contributed by atoms with E-state index in [0.717, 1.165) is 11.3 Å². The fourth-order valence-corrected chi connectivity index (χ4v) is 3.15. The van der Waals surface area contributed by atoms with E-state index in [9.17, 15) is 9.59 Å². The second-order valence-electron chi connectivity index (χ2n) is 5.45. The summed E-state index contributed by atoms with van der Waals surface area (Å²) in [6, 6.07) is 6.83. The minimum absolute atomic E-state index is 0.0381. The van der Waals surface area contributed by atoms with Crippen molar-refractivity contribution in [2.75, 3.05) is 38.2 Å². The first kappa shape index (κ1) is 18.7. The summed E-state index contributed by atoms with van der Waals surface area (Å²) in [7, 11) is 0. The number of benzene rings is 1. The van der Waals surface area contributed by atoms with Crippen LogP contribution in [-0.2, 0) is 20.9 Å². The molecule has 0 aliphatic carbocycles. The number of amides is 2. The normalized spacial score (nSPS) is 14.3. The molecule has 2 amide bonds. The van der Waals surface area contributed by atoms with E-state index < -0.39 is 0 Å². The predicted molar refractivity (Wildman–Crippen MR) is 96.4 cm³/mol. The molecule has 2 aromatic rings. The summed E-state index contributed by atoms with van der Waals surface area (Å²) < 4.78 is 10.6. The van der Waals surface area contributed by atoms with Gasteiger partial charge < -0.3 is 19.7 Å². The molecule has 1 saturated heterocycles. The van der Waals surface area contributed by atoms with E-state index in [1.807, 2.05) is 0 Å². The number of hydrogen-bond donors (Lipinski definition) is 1. The molecule has 0 atom stereocenters. The molecule has 26 heavy (non-hydrogen) atoms. The van der Waals surface area contributed by atoms with E-state index in [-0.39, 0.29) is 30.0 Å². The van der Waals surface area contributed by atoms with Gasteiger partial charge in [0.1, 0.15) is 18.2 Å². The van der Waals surface area contributed by atoms with Crippen molar-refractivity contribution >= 4 is 40.4 Å². The molecule has 0 radical (unpaired) electrons. The molecule has 10 heteroatoms. The Morgan fingerprint density at radius 3 is 2.88 bits per heavy atom. The number of carbonyl (C=O) groups excluding carboxylic acids is 2. The van der Waals surface area contributed by atoms with Crippen molar-refractivity contribution in [2.24, 2.45) is 0 Å². The van der Waals surface area contributed by atoms with Crippen LogP contribution < -0.4 is 5.32 Å². The Morgan fingerprint density at radius 1 is 1.31 bits per heavy atom. The van der Waals surface area contributed by atoms with Crippen LogP contribution in [0.15, 0.2) is 24.3 Å². The summed E-state index contributed by atoms with van der Waals surface area (Å²) in [4.78, 5) is 25.8. The zero-order chi connectivity index (χ0) is 18.4. The molecule has 1 fully saturated rings. The molecule has 138 valence electrons. The van der Waals surface area contributed by atoms with Gasteiger partial charge in [-0.05, 0) is 18.2 Å². The number of nitrogens with one attached hydrogen (secondary N) is 1. The molecule has 3 rings (SSSR count). The maximum absolute atomic E-state index is 12.2. The number of hydrogen-bond acceptors (Lipinski definition) is 7. The molecule has 8 nitrogen and oxygen atoms in total. The number of halogens is 1. The lowest BCUT2D eigenvalue weighted by molar-refractivity contribution is -0.140. The zero-order valence-electron chi connectivity index (χ0n) is 13.8. The van der Waals surface area contributed by atoms with E-state index in [1.165, 1.54) is 0 Å². The summed E-state index contributed by atoms with van der Waals surface area (Å²) in [5, 5.41) is 11.7. The van der Waals surface area contributed by atoms with Crippen LogP contribution in [0.2, 0.25) is 5.02 Å². The van der Waals surface area contributed by atoms with Crippen molar-refractivity contribution in [2.45, 2.75) is 6.61 Å². The van der Waals surface area contributed by atoms with Gasteiger partial charge in [-0.15, -0.1) is 10.2 Å². The first-order valence-corrected chi connectivity index (χ1v) is 9.14. The number of rotatable bonds is 6. The molecule has 1 aliphatic heterocycles. The lowest BCUT2D eigenvalue weighted by atomic mass is 10.3. The fourth-order valence-electron chi connectivity index (χ4n) is 2.28. The summed E-state index contributed by atoms with van der Waals surface area (Å²) in [6.45, 7) is 2.34. The van der Waals surface area contributed by atoms with Crippen LogP contribution in [0.25, 0.3) is 0 Å². The Bertz CT molecular complexity index is 779. The van der Waals surface area contributed by atoms with Crippen LogP contribution in [-0.4, -0.2) is 59.8 Å². The van der Waals surface area contributed by atoms with E-state index in [2.05, 4.69) is 15.5 Å². The third-order valence-corrected chi connectivity index (χ3v) is 4.69. The Hall–Kier alpha value is -2.07. The van der Waals surface area contributed by atoms with Crippen LogP contribution in [0, 0.1) is 0 Å². The van der Waals surface area contributed by atoms with Crippen molar-refractivity contribution in [1.29, 1.82) is 0 Å². The van der Waals surface area contributed by atoms with Crippen LogP contribution in [0.5, 0.6) is 0 Å². The van der Waals surface area contributed by atoms with Gasteiger partial charge in [0.15, 0.2) is 0 Å². The second kappa shape index (κ2) is 9.04. The van der Waals surface area contributed by atoms with Gasteiger partial charge in [0.05, 0.1) is 13.2 Å². The second-order valence-corrected chi connectivity index (χ2v) is 6.95. The molecule has 1 aromatic carbocycles. The Morgan fingerprint density at radius 2 is 2.12 bits per heavy atom. The molecule has 1 aliphatic rings. The molecule has 1 aromatic heterocycles. The highest BCUT2D eigenvalue weighted by molar-refractivity contribution is 7.13. The minimum Gasteiger partial charge on any atom is -0.378 e. The average molecular weight is 397 g/mol. The predicted octanol–water partition coefficient (Wildman–Crippen LogP) is 1.82. The molecule has 0 spiro atoms. The standard InChI is InChI=1S/C16H17ClN4O4S/c17-11-2-1-3-12(8-11)18-15(23)16-20-19-13(26-16)9-25-10-14(22)21-4-6-24-7-5-21/h1-3,8H,4-7,9-10H2,(H,18,23). The largest absolute Gasteiger partial charge is 0.378 e. The van der Waals surface area contributed by atoms with Crippen LogP contribution in [0.1, 0.15) is 14.8 Å². The van der Waals surface area contributed by atoms with Gasteiger partial charge in [-0.25, -0.2) is 0 Å². The summed E-state index contributed by atoms with van der Waals surface area (Å²) in [6.07, 6.45) is 0. The monoisotopic (exact) mass is 396 g/mol. The average Bonchev–Trinajstić information content (AvgIpc) is 3.11. The third-order valence-electron chi connectivity index (χ3n) is 3.56. The number of aromatic nitrogens is 2. The lowest BCUT2D eigenvalue weighted by Crippen LogP contribution is -2.42. The van der Waals surface area contributed by atoms with E-state index >= 15 is 0 Å². The first-order valence-electron chi connectivity index (χ1n) is 7.94. The first-order chi connectivity index (χ1) is 12.6. The number of anilines is 1. The number of nitrogens with zero attached hydrogens (tertiary/aromatic N) is 3. The Balaban J connectivity index is 1.46. The van der Waals surface area contributed by atoms with E-state index in [1.54, 1.807) is 29.2 Å². The SMILES string of the molecule is O=C(Nc1cccc(Cl)c1)c1nnc(COCC(=O)N2CCOCC2)s1. The summed E-state index contributed by atoms with van der Waals surface area (Å²) in [5.74, 6) is -0.461. The molecular formula is C16H17ClN4O4S. The van der Waals surface area contributed by atoms with E-state index in [4.69, 9.17) is 21.1 Å². The topological polar surface area (TPSA) is 93.7 Å². The molecule has 2 heterocycles. The van der Waals surface area contributed by atoms with Gasteiger partial charge in [-0.1, -0.05) is 29.0 Å². The molecule has 0 saturated carbocycles. The van der Waals surface area contributed by atoms with Crippen molar-refractivity contribution in [3.8, 4) is 0 Å². The third kappa shape index (κ3) is 5.21. The summed E-state index contributed by atoms with van der Waals surface area (Å²) in [5.41, 5.74) is 0.576. The van der Waals surface area contributed by atoms with Crippen molar-refractivity contribution in [1.82, 2.24) is 15.1 Å². The molecule has 0 unspecified atom stereocenters. The number of ether oxygens (including phenoxy) is 2. The molecule has 1 N–H and O–H groups in total. The lowest BCUT2D eigenvalue weighted by Gasteiger charge is -2.26. The highest BCUT2D eigenvalue weighted by atomic mass is 35.5. The van der Waals surface area contributed by atoms with Gasteiger partial charge in [-0.2, -0.15) is 0 Å². The highest BCUT2D eigenvalue weighted by Gasteiger charge is 2.17. The van der Waals surface area contributed by atoms with Gasteiger partial charge in [0.25, 0.3) is 5.91 Å². The van der Waals surface area contributed by atoms with Gasteiger partial charge in [-0.3, -0.25) is 9.59 Å². The Labute approximate surface area is 159 Å². The number of carbonyl (C=O) groups is 2. The zero-order valence-corrected chi connectivity index (χ0v) is 15.4. The van der Waals surface area contributed by atoms with Gasteiger partial charge in [0, 0.05) is 23.8 Å². The fraction of sp³-hybridized carbons (Fsp3) is 0.375.